The van der Waals surface area contributed by atoms with E-state index in [0.717, 1.165) is 5.56 Å². The summed E-state index contributed by atoms with van der Waals surface area (Å²) < 4.78 is 11.1. The zero-order valence-electron chi connectivity index (χ0n) is 17.3. The summed E-state index contributed by atoms with van der Waals surface area (Å²) in [5.74, 6) is -1.00. The molecule has 0 fully saturated rings. The fourth-order valence-electron chi connectivity index (χ4n) is 3.27. The molecule has 154 valence electrons. The molecule has 0 spiro atoms. The molecular formula is C22H36O5. The molecule has 0 aliphatic heterocycles. The molecule has 27 heavy (non-hydrogen) atoms. The first kappa shape index (κ1) is 23.6. The number of rotatable bonds is 12. The molecule has 5 heteroatoms. The van der Waals surface area contributed by atoms with Gasteiger partial charge in [-0.3, -0.25) is 4.79 Å². The van der Waals surface area contributed by atoms with Crippen molar-refractivity contribution in [2.45, 2.75) is 72.4 Å². The Morgan fingerprint density at radius 1 is 1.00 bits per heavy atom. The number of aliphatic hydroxyl groups is 2. The van der Waals surface area contributed by atoms with Gasteiger partial charge in [-0.05, 0) is 12.0 Å². The van der Waals surface area contributed by atoms with E-state index in [9.17, 15) is 15.0 Å². The third-order valence-corrected chi connectivity index (χ3v) is 5.25. The van der Waals surface area contributed by atoms with Crippen molar-refractivity contribution in [1.82, 2.24) is 0 Å². The molecular weight excluding hydrogens is 344 g/mol. The number of carbonyl (C=O) groups is 1. The van der Waals surface area contributed by atoms with Crippen LogP contribution in [0.5, 0.6) is 0 Å². The molecule has 5 nitrogen and oxygen atoms in total. The SMILES string of the molecule is CCC(=O)O[C@H](CC)[C@@H](C)[C@H](O)[C@H](C)[C@H](O)[C@@H](C)COCc1ccccc1. The minimum absolute atomic E-state index is 0.121. The van der Waals surface area contributed by atoms with Crippen molar-refractivity contribution in [2.75, 3.05) is 6.61 Å². The monoisotopic (exact) mass is 380 g/mol. The Morgan fingerprint density at radius 3 is 2.19 bits per heavy atom. The highest BCUT2D eigenvalue weighted by Crippen LogP contribution is 2.26. The number of hydrogen-bond donors (Lipinski definition) is 2. The van der Waals surface area contributed by atoms with Crippen LogP contribution < -0.4 is 0 Å². The molecule has 0 aliphatic rings. The van der Waals surface area contributed by atoms with Crippen LogP contribution in [0.25, 0.3) is 0 Å². The Bertz CT molecular complexity index is 533. The average Bonchev–Trinajstić information content (AvgIpc) is 2.70. The lowest BCUT2D eigenvalue weighted by atomic mass is 9.82. The summed E-state index contributed by atoms with van der Waals surface area (Å²) in [5, 5.41) is 21.3. The normalized spacial score (nSPS) is 18.2. The fourth-order valence-corrected chi connectivity index (χ4v) is 3.27. The molecule has 1 rings (SSSR count). The molecule has 2 N–H and O–H groups in total. The molecule has 0 heterocycles. The molecule has 0 aliphatic carbocycles. The maximum Gasteiger partial charge on any atom is 0.305 e. The van der Waals surface area contributed by atoms with E-state index in [2.05, 4.69) is 0 Å². The van der Waals surface area contributed by atoms with Crippen molar-refractivity contribution < 1.29 is 24.5 Å². The average molecular weight is 381 g/mol. The summed E-state index contributed by atoms with van der Waals surface area (Å²) >= 11 is 0. The minimum atomic E-state index is -0.772. The Balaban J connectivity index is 2.53. The van der Waals surface area contributed by atoms with E-state index in [0.29, 0.717) is 26.1 Å². The van der Waals surface area contributed by atoms with E-state index >= 15 is 0 Å². The van der Waals surface area contributed by atoms with Crippen LogP contribution in [0.2, 0.25) is 0 Å². The van der Waals surface area contributed by atoms with Gasteiger partial charge in [0.05, 0.1) is 25.4 Å². The molecule has 0 bridgehead atoms. The summed E-state index contributed by atoms with van der Waals surface area (Å²) in [6, 6.07) is 9.88. The highest BCUT2D eigenvalue weighted by Gasteiger charge is 2.34. The van der Waals surface area contributed by atoms with Crippen LogP contribution in [0.3, 0.4) is 0 Å². The minimum Gasteiger partial charge on any atom is -0.462 e. The second-order valence-corrected chi connectivity index (χ2v) is 7.47. The number of ether oxygens (including phenoxy) is 2. The van der Waals surface area contributed by atoms with E-state index in [1.165, 1.54) is 0 Å². The first-order valence-electron chi connectivity index (χ1n) is 9.98. The van der Waals surface area contributed by atoms with Gasteiger partial charge in [0.15, 0.2) is 0 Å². The highest BCUT2D eigenvalue weighted by atomic mass is 16.5. The van der Waals surface area contributed by atoms with Gasteiger partial charge in [-0.2, -0.15) is 0 Å². The summed E-state index contributed by atoms with van der Waals surface area (Å²) in [5.41, 5.74) is 1.09. The molecule has 0 saturated heterocycles. The standard InChI is InChI=1S/C22H36O5/c1-6-19(27-20(23)7-2)16(4)22(25)17(5)21(24)15(3)13-26-14-18-11-9-8-10-12-18/h8-12,15-17,19,21-22,24-25H,6-7,13-14H2,1-5H3/t15-,16+,17+,19+,21+,22-/m0/s1. The van der Waals surface area contributed by atoms with Gasteiger partial charge < -0.3 is 19.7 Å². The fraction of sp³-hybridized carbons (Fsp3) is 0.682. The predicted octanol–water partition coefficient (Wildman–Crippen LogP) is 3.57. The van der Waals surface area contributed by atoms with Crippen molar-refractivity contribution in [3.8, 4) is 0 Å². The lowest BCUT2D eigenvalue weighted by Crippen LogP contribution is -2.43. The van der Waals surface area contributed by atoms with Gasteiger partial charge in [0.2, 0.25) is 0 Å². The van der Waals surface area contributed by atoms with Crippen LogP contribution in [0.15, 0.2) is 30.3 Å². The number of carbonyl (C=O) groups excluding carboxylic acids is 1. The largest absolute Gasteiger partial charge is 0.462 e. The zero-order chi connectivity index (χ0) is 20.4. The second-order valence-electron chi connectivity index (χ2n) is 7.47. The van der Waals surface area contributed by atoms with Crippen molar-refractivity contribution in [2.24, 2.45) is 17.8 Å². The smallest absolute Gasteiger partial charge is 0.305 e. The van der Waals surface area contributed by atoms with Crippen molar-refractivity contribution in [1.29, 1.82) is 0 Å². The quantitative estimate of drug-likeness (QED) is 0.542. The molecule has 0 unspecified atom stereocenters. The molecule has 6 atom stereocenters. The summed E-state index contributed by atoms with van der Waals surface area (Å²) in [6.07, 6.45) is -0.897. The number of hydrogen-bond acceptors (Lipinski definition) is 5. The van der Waals surface area contributed by atoms with Crippen LogP contribution >= 0.6 is 0 Å². The molecule has 1 aromatic rings. The summed E-state index contributed by atoms with van der Waals surface area (Å²) in [4.78, 5) is 11.6. The van der Waals surface area contributed by atoms with Crippen molar-refractivity contribution in [3.05, 3.63) is 35.9 Å². The van der Waals surface area contributed by atoms with Crippen LogP contribution in [-0.4, -0.2) is 41.1 Å². The van der Waals surface area contributed by atoms with Gasteiger partial charge in [0.25, 0.3) is 0 Å². The lowest BCUT2D eigenvalue weighted by molar-refractivity contribution is -0.155. The van der Waals surface area contributed by atoms with E-state index in [1.54, 1.807) is 6.92 Å². The Kier molecular flexibility index (Phi) is 10.6. The van der Waals surface area contributed by atoms with E-state index in [-0.39, 0.29) is 29.8 Å². The van der Waals surface area contributed by atoms with Gasteiger partial charge in [0, 0.05) is 24.2 Å². The van der Waals surface area contributed by atoms with Gasteiger partial charge >= 0.3 is 5.97 Å². The molecule has 0 radical (unpaired) electrons. The topological polar surface area (TPSA) is 76.0 Å². The van der Waals surface area contributed by atoms with Gasteiger partial charge in [0.1, 0.15) is 6.10 Å². The van der Waals surface area contributed by atoms with Crippen molar-refractivity contribution in [3.63, 3.8) is 0 Å². The van der Waals surface area contributed by atoms with Gasteiger partial charge in [-0.25, -0.2) is 0 Å². The molecule has 0 aromatic heterocycles. The third-order valence-electron chi connectivity index (χ3n) is 5.25. The van der Waals surface area contributed by atoms with E-state index in [1.807, 2.05) is 58.0 Å². The molecule has 0 amide bonds. The predicted molar refractivity (Wildman–Crippen MR) is 106 cm³/mol. The summed E-state index contributed by atoms with van der Waals surface area (Å²) in [7, 11) is 0. The van der Waals surface area contributed by atoms with Crippen LogP contribution in [0, 0.1) is 17.8 Å². The Morgan fingerprint density at radius 2 is 1.63 bits per heavy atom. The van der Waals surface area contributed by atoms with Crippen molar-refractivity contribution >= 4 is 5.97 Å². The summed E-state index contributed by atoms with van der Waals surface area (Å²) in [6.45, 7) is 10.2. The molecule has 0 saturated carbocycles. The van der Waals surface area contributed by atoms with Crippen LogP contribution in [0.4, 0.5) is 0 Å². The molecule has 1 aromatic carbocycles. The zero-order valence-corrected chi connectivity index (χ0v) is 17.3. The maximum absolute atomic E-state index is 11.6. The first-order valence-corrected chi connectivity index (χ1v) is 9.98. The highest BCUT2D eigenvalue weighted by molar-refractivity contribution is 5.69. The van der Waals surface area contributed by atoms with E-state index < -0.39 is 12.2 Å². The third kappa shape index (κ3) is 7.60. The number of aliphatic hydroxyl groups excluding tert-OH is 2. The number of esters is 1. The Hall–Kier alpha value is -1.43. The lowest BCUT2D eigenvalue weighted by Gasteiger charge is -2.34. The Labute approximate surface area is 163 Å². The maximum atomic E-state index is 11.6. The second kappa shape index (κ2) is 12.1. The van der Waals surface area contributed by atoms with Crippen LogP contribution in [0.1, 0.15) is 53.0 Å². The van der Waals surface area contributed by atoms with Gasteiger partial charge in [-0.1, -0.05) is 65.0 Å². The van der Waals surface area contributed by atoms with Gasteiger partial charge in [-0.15, -0.1) is 0 Å². The van der Waals surface area contributed by atoms with E-state index in [4.69, 9.17) is 9.47 Å². The van der Waals surface area contributed by atoms with Crippen LogP contribution in [-0.2, 0) is 20.9 Å². The first-order chi connectivity index (χ1) is 12.8. The number of benzene rings is 1.